The van der Waals surface area contributed by atoms with E-state index in [-0.39, 0.29) is 5.41 Å². The molecule has 24 aromatic carbocycles. The molecule has 0 radical (unpaired) electrons. The van der Waals surface area contributed by atoms with Gasteiger partial charge in [0.1, 0.15) is 22.2 Å². The van der Waals surface area contributed by atoms with Crippen LogP contribution in [0.3, 0.4) is 0 Å². The van der Waals surface area contributed by atoms with Crippen molar-refractivity contribution in [2.24, 2.45) is 0 Å². The number of nitrogens with zero attached hydrogens (tertiary/aromatic N) is 5. The van der Waals surface area contributed by atoms with Crippen LogP contribution in [0.5, 0.6) is 0 Å². The molecule has 31 rings (SSSR count). The van der Waals surface area contributed by atoms with E-state index in [1.165, 1.54) is 170 Å². The van der Waals surface area contributed by atoms with E-state index in [0.29, 0.717) is 17.7 Å². The molecule has 670 valence electrons. The molecule has 5 aromatic heterocycles. The monoisotopic (exact) mass is 1830 g/mol. The Bertz CT molecular complexity index is 10500. The van der Waals surface area contributed by atoms with Gasteiger partial charge in [-0.25, -0.2) is 15.0 Å². The van der Waals surface area contributed by atoms with E-state index in [4.69, 9.17) is 28.2 Å². The van der Waals surface area contributed by atoms with Crippen LogP contribution < -0.4 is 0 Å². The Morgan fingerprint density at radius 2 is 0.611 bits per heavy atom. The predicted molar refractivity (Wildman–Crippen MR) is 599 cm³/mol. The highest BCUT2D eigenvalue weighted by molar-refractivity contribution is 6.26. The smallest absolute Gasteiger partial charge is 0.246 e. The summed E-state index contributed by atoms with van der Waals surface area (Å²) in [5.41, 5.74) is 33.7. The number of rotatable bonds is 9. The molecule has 0 saturated carbocycles. The lowest BCUT2D eigenvalue weighted by Gasteiger charge is -2.22. The quantitative estimate of drug-likeness (QED) is 0.132. The van der Waals surface area contributed by atoms with Crippen LogP contribution in [0.15, 0.2) is 481 Å². The molecular weight excluding hydrogens is 1750 g/mol. The summed E-state index contributed by atoms with van der Waals surface area (Å²) >= 11 is 0. The van der Waals surface area contributed by atoms with Crippen LogP contribution in [-0.2, 0) is 5.41 Å². The Hall–Kier alpha value is -18.9. The molecule has 5 heterocycles. The minimum absolute atomic E-state index is 0.0324. The van der Waals surface area contributed by atoms with E-state index in [9.17, 15) is 0 Å². The van der Waals surface area contributed by atoms with Crippen molar-refractivity contribution in [2.75, 3.05) is 0 Å². The van der Waals surface area contributed by atoms with Crippen molar-refractivity contribution in [1.82, 2.24) is 24.9 Å². The summed E-state index contributed by atoms with van der Waals surface area (Å²) in [6.07, 6.45) is 3.59. The van der Waals surface area contributed by atoms with Crippen molar-refractivity contribution in [3.8, 4) is 135 Å². The number of hydrogen-bond acceptors (Lipinski definition) is 8. The van der Waals surface area contributed by atoms with Gasteiger partial charge in [0.15, 0.2) is 16.7 Å². The summed E-state index contributed by atoms with van der Waals surface area (Å²) in [6, 6.07) is 164. The molecule has 0 amide bonds. The van der Waals surface area contributed by atoms with E-state index in [0.717, 1.165) is 120 Å². The first kappa shape index (κ1) is 82.2. The van der Waals surface area contributed by atoms with Crippen molar-refractivity contribution in [2.45, 2.75) is 19.3 Å². The number of fused-ring (bicyclic) bond motifs is 28. The molecule has 8 nitrogen and oxygen atoms in total. The number of para-hydroxylation sites is 1. The highest BCUT2D eigenvalue weighted by atomic mass is 16.4. The molecule has 0 saturated heterocycles. The van der Waals surface area contributed by atoms with Gasteiger partial charge in [0, 0.05) is 50.5 Å². The summed E-state index contributed by atoms with van der Waals surface area (Å²) in [6.45, 7) is 4.68. The van der Waals surface area contributed by atoms with Crippen molar-refractivity contribution in [1.29, 1.82) is 0 Å². The second-order valence-corrected chi connectivity index (χ2v) is 38.7. The predicted octanol–water partition coefficient (Wildman–Crippen LogP) is 37.1. The number of aromatic nitrogens is 5. The van der Waals surface area contributed by atoms with Gasteiger partial charge in [0.05, 0.1) is 5.52 Å². The zero-order valence-corrected chi connectivity index (χ0v) is 78.4. The molecule has 0 spiro atoms. The Labute approximate surface area is 827 Å². The molecule has 2 aliphatic rings. The largest absolute Gasteiger partial charge is 0.435 e. The van der Waals surface area contributed by atoms with E-state index >= 15 is 0 Å². The van der Waals surface area contributed by atoms with Crippen LogP contribution in [0, 0.1) is 0 Å². The van der Waals surface area contributed by atoms with Gasteiger partial charge in [-0.2, -0.15) is 0 Å². The molecule has 2 aliphatic carbocycles. The molecule has 29 aromatic rings. The van der Waals surface area contributed by atoms with Crippen LogP contribution >= 0.6 is 0 Å². The zero-order chi connectivity index (χ0) is 94.9. The molecule has 0 unspecified atom stereocenters. The van der Waals surface area contributed by atoms with E-state index in [1.807, 2.05) is 85.1 Å². The highest BCUT2D eigenvalue weighted by Gasteiger charge is 2.36. The molecule has 0 atom stereocenters. The Kier molecular flexibility index (Phi) is 18.6. The third-order valence-electron chi connectivity index (χ3n) is 30.3. The van der Waals surface area contributed by atoms with E-state index in [2.05, 4.69) is 400 Å². The SMILES string of the molecule is CC1(C)c2ccccc2-c2ccc(-c3cccc(-c4ccc5ccc6ccc7nc(-c8ccnc9ccccc89)oc7c6c5c4)c3)cc21.c1ccc(-c2nc3ccc4ccc5ccc(-c6cc(-c7ccc8c9c(cccc79)-c7ccccc7-8)c7ccccc7c6)cc5c4c3o2)cc1.c1ccc(-c2nc3ccc4ccc5ccc(-c6cccc(-c7cc8c9ccccc9ccc8c8ccccc78)c6)cc5c4c3o2)nc1. The van der Waals surface area contributed by atoms with Gasteiger partial charge in [0.2, 0.25) is 17.7 Å². The van der Waals surface area contributed by atoms with Crippen LogP contribution in [0.4, 0.5) is 0 Å². The van der Waals surface area contributed by atoms with Gasteiger partial charge in [-0.15, -0.1) is 0 Å². The minimum Gasteiger partial charge on any atom is -0.435 e. The van der Waals surface area contributed by atoms with Gasteiger partial charge in [0.25, 0.3) is 0 Å². The Morgan fingerprint density at radius 1 is 0.174 bits per heavy atom. The zero-order valence-electron chi connectivity index (χ0n) is 78.4. The summed E-state index contributed by atoms with van der Waals surface area (Å²) in [5, 5.41) is 27.4. The van der Waals surface area contributed by atoms with Gasteiger partial charge >= 0.3 is 0 Å². The van der Waals surface area contributed by atoms with Gasteiger partial charge in [-0.1, -0.05) is 360 Å². The summed E-state index contributed by atoms with van der Waals surface area (Å²) < 4.78 is 19.6. The fourth-order valence-electron chi connectivity index (χ4n) is 23.3. The van der Waals surface area contributed by atoms with Crippen LogP contribution in [0.25, 0.3) is 297 Å². The Balaban J connectivity index is 0.000000103. The Morgan fingerprint density at radius 3 is 1.28 bits per heavy atom. The van der Waals surface area contributed by atoms with Crippen molar-refractivity contribution in [3.05, 3.63) is 478 Å². The molecule has 8 heteroatoms. The summed E-state index contributed by atoms with van der Waals surface area (Å²) in [4.78, 5) is 23.7. The average molecular weight is 1840 g/mol. The summed E-state index contributed by atoms with van der Waals surface area (Å²) in [5.74, 6) is 1.78. The van der Waals surface area contributed by atoms with Crippen LogP contribution in [0.2, 0.25) is 0 Å². The first-order chi connectivity index (χ1) is 71.1. The van der Waals surface area contributed by atoms with Gasteiger partial charge < -0.3 is 13.3 Å². The first-order valence-electron chi connectivity index (χ1n) is 49.2. The fraction of sp³-hybridized carbons (Fsp3) is 0.0221. The van der Waals surface area contributed by atoms with Crippen LogP contribution in [-0.4, -0.2) is 24.9 Å². The first-order valence-corrected chi connectivity index (χ1v) is 49.2. The van der Waals surface area contributed by atoms with Crippen LogP contribution in [0.1, 0.15) is 25.0 Å². The average Bonchev–Trinajstić information content (AvgIpc) is 1.57. The third kappa shape index (κ3) is 13.3. The van der Waals surface area contributed by atoms with Crippen molar-refractivity contribution in [3.63, 3.8) is 0 Å². The molecule has 144 heavy (non-hydrogen) atoms. The molecule has 0 fully saturated rings. The topological polar surface area (TPSA) is 104 Å². The second-order valence-electron chi connectivity index (χ2n) is 38.7. The minimum atomic E-state index is -0.0324. The maximum Gasteiger partial charge on any atom is 0.246 e. The standard InChI is InChI=1S/C47H27NO.C45H30N2O.C44H26N2O/c1-2-9-30(10-3-1)47-48-43-24-21-29-19-17-28-18-20-31(26-41(28)44(29)46(43)49-47)33-25-32-11-4-5-12-34(32)42(27-33)37-22-23-40-36-14-7-6-13-35(36)38-15-8-16-39(37)45(38)40;1-45(2)38-12-5-3-10-33(38)34-20-18-32(26-39(34)45)30-9-7-8-29(24-30)31-17-15-27-14-16-28-19-21-41-43(42(28)37(27)25-31)48-44(47-41)36-22-23-46-40-13-6-4-11-35(36)40;1-2-11-33-27(8-1)19-21-36-34-12-3-4-13-35(34)37(26-39(33)36)32-10-7-9-30(24-32)31-18-16-28-15-17-29-20-22-40-43(42(29)38(28)25-31)47-44(46-40)41-14-5-6-23-45-41/h1-27H;3-26H,1-2H3;1-26H. The fourth-order valence-corrected chi connectivity index (χ4v) is 23.3. The summed E-state index contributed by atoms with van der Waals surface area (Å²) in [7, 11) is 0. The number of oxazole rings is 3. The maximum atomic E-state index is 6.64. The lowest BCUT2D eigenvalue weighted by Crippen LogP contribution is -2.14. The van der Waals surface area contributed by atoms with Crippen molar-refractivity contribution >= 4 is 163 Å². The van der Waals surface area contributed by atoms with Crippen molar-refractivity contribution < 1.29 is 13.3 Å². The molecule has 0 bridgehead atoms. The lowest BCUT2D eigenvalue weighted by atomic mass is 9.81. The normalized spacial score (nSPS) is 12.4. The number of benzene rings is 24. The van der Waals surface area contributed by atoms with E-state index in [1.54, 1.807) is 6.20 Å². The number of hydrogen-bond donors (Lipinski definition) is 0. The second kappa shape index (κ2) is 32.6. The van der Waals surface area contributed by atoms with Gasteiger partial charge in [-0.3, -0.25) is 9.97 Å². The molecule has 0 N–H and O–H groups in total. The third-order valence-corrected chi connectivity index (χ3v) is 30.3. The maximum absolute atomic E-state index is 6.64. The molecule has 0 aliphatic heterocycles. The van der Waals surface area contributed by atoms with Gasteiger partial charge in [-0.05, 0) is 323 Å². The highest BCUT2D eigenvalue weighted by Crippen LogP contribution is 2.54. The van der Waals surface area contributed by atoms with E-state index < -0.39 is 0 Å². The lowest BCUT2D eigenvalue weighted by molar-refractivity contribution is 0.620. The molecular formula is C136H83N5O3. The number of pyridine rings is 2.